The van der Waals surface area contributed by atoms with Crippen LogP contribution >= 0.6 is 11.6 Å². The molecular weight excluding hydrogens is 392 g/mol. The summed E-state index contributed by atoms with van der Waals surface area (Å²) in [6.07, 6.45) is 0. The van der Waals surface area contributed by atoms with Gasteiger partial charge in [-0.15, -0.1) is 0 Å². The Morgan fingerprint density at radius 1 is 1.00 bits per heavy atom. The molecule has 2 aromatic rings. The van der Waals surface area contributed by atoms with Crippen LogP contribution in [0, 0.1) is 6.92 Å². The topological polar surface area (TPSA) is 66.0 Å². The molecule has 4 rings (SSSR count). The van der Waals surface area contributed by atoms with E-state index in [9.17, 15) is 9.59 Å². The van der Waals surface area contributed by atoms with Gasteiger partial charge < -0.3 is 14.5 Å². The van der Waals surface area contributed by atoms with Crippen molar-refractivity contribution < 1.29 is 14.3 Å². The summed E-state index contributed by atoms with van der Waals surface area (Å²) >= 11 is 6.58. The average Bonchev–Trinajstić information content (AvgIpc) is 2.77. The quantitative estimate of drug-likeness (QED) is 0.697. The Morgan fingerprint density at radius 3 is 2.31 bits per heavy atom. The number of amides is 2. The molecule has 0 radical (unpaired) electrons. The number of halogens is 1. The van der Waals surface area contributed by atoms with Crippen molar-refractivity contribution in [2.75, 3.05) is 52.5 Å². The van der Waals surface area contributed by atoms with E-state index in [1.807, 2.05) is 31.2 Å². The average molecular weight is 417 g/mol. The molecule has 154 valence electrons. The smallest absolute Gasteiger partial charge is 0.312 e. The molecule has 1 aromatic heterocycles. The summed E-state index contributed by atoms with van der Waals surface area (Å²) in [6, 6.07) is 7.99. The summed E-state index contributed by atoms with van der Waals surface area (Å²) in [5.74, 6) is -0.833. The number of pyridine rings is 1. The van der Waals surface area contributed by atoms with E-state index in [2.05, 4.69) is 4.90 Å². The SMILES string of the molecule is Cc1c(Cl)c(CN2CCN(C(=O)C(=O)N3CCOCC3)CC2)nc2ccccc12. The highest BCUT2D eigenvalue weighted by molar-refractivity contribution is 6.35. The molecule has 1 aromatic carbocycles. The molecule has 0 N–H and O–H groups in total. The minimum Gasteiger partial charge on any atom is -0.378 e. The third-order valence-electron chi connectivity index (χ3n) is 5.66. The Balaban J connectivity index is 1.38. The van der Waals surface area contributed by atoms with Crippen molar-refractivity contribution >= 4 is 34.3 Å². The van der Waals surface area contributed by atoms with E-state index in [1.165, 1.54) is 0 Å². The fourth-order valence-corrected chi connectivity index (χ4v) is 4.08. The van der Waals surface area contributed by atoms with Crippen LogP contribution in [0.4, 0.5) is 0 Å². The molecule has 2 amide bonds. The van der Waals surface area contributed by atoms with E-state index >= 15 is 0 Å². The van der Waals surface area contributed by atoms with Gasteiger partial charge in [-0.25, -0.2) is 4.98 Å². The summed E-state index contributed by atoms with van der Waals surface area (Å²) in [5, 5.41) is 1.77. The predicted octanol–water partition coefficient (Wildman–Crippen LogP) is 1.70. The molecule has 0 bridgehead atoms. The number of benzene rings is 1. The van der Waals surface area contributed by atoms with Crippen LogP contribution in [0.15, 0.2) is 24.3 Å². The summed E-state index contributed by atoms with van der Waals surface area (Å²) < 4.78 is 5.25. The molecule has 0 unspecified atom stereocenters. The van der Waals surface area contributed by atoms with Crippen molar-refractivity contribution in [1.82, 2.24) is 19.7 Å². The molecule has 8 heteroatoms. The molecule has 2 fully saturated rings. The number of rotatable bonds is 2. The summed E-state index contributed by atoms with van der Waals surface area (Å²) in [7, 11) is 0. The number of aromatic nitrogens is 1. The zero-order valence-corrected chi connectivity index (χ0v) is 17.3. The maximum atomic E-state index is 12.5. The van der Waals surface area contributed by atoms with Gasteiger partial charge in [-0.2, -0.15) is 0 Å². The highest BCUT2D eigenvalue weighted by atomic mass is 35.5. The molecule has 0 atom stereocenters. The summed E-state index contributed by atoms with van der Waals surface area (Å²) in [4.78, 5) is 35.2. The number of ether oxygens (including phenoxy) is 1. The first-order valence-electron chi connectivity index (χ1n) is 9.96. The Kier molecular flexibility index (Phi) is 5.99. The van der Waals surface area contributed by atoms with Crippen LogP contribution in [0.5, 0.6) is 0 Å². The second-order valence-corrected chi connectivity index (χ2v) is 7.87. The molecule has 2 aliphatic rings. The van der Waals surface area contributed by atoms with Gasteiger partial charge >= 0.3 is 11.8 Å². The third kappa shape index (κ3) is 4.22. The number of morpholine rings is 1. The second-order valence-electron chi connectivity index (χ2n) is 7.49. The van der Waals surface area contributed by atoms with Gasteiger partial charge in [0.15, 0.2) is 0 Å². The Morgan fingerprint density at radius 2 is 1.62 bits per heavy atom. The first-order chi connectivity index (χ1) is 14.0. The molecule has 2 saturated heterocycles. The lowest BCUT2D eigenvalue weighted by atomic mass is 10.1. The molecule has 7 nitrogen and oxygen atoms in total. The van der Waals surface area contributed by atoms with Crippen LogP contribution in [-0.2, 0) is 20.9 Å². The molecule has 0 saturated carbocycles. The number of carbonyl (C=O) groups is 2. The van der Waals surface area contributed by atoms with Crippen LogP contribution in [0.2, 0.25) is 5.02 Å². The van der Waals surface area contributed by atoms with Crippen molar-refractivity contribution in [3.05, 3.63) is 40.5 Å². The predicted molar refractivity (Wildman–Crippen MR) is 111 cm³/mol. The first kappa shape index (κ1) is 20.1. The van der Waals surface area contributed by atoms with Crippen molar-refractivity contribution in [3.63, 3.8) is 0 Å². The van der Waals surface area contributed by atoms with Crippen LogP contribution in [-0.4, -0.2) is 84.0 Å². The van der Waals surface area contributed by atoms with Gasteiger partial charge in [-0.1, -0.05) is 29.8 Å². The van der Waals surface area contributed by atoms with Crippen molar-refractivity contribution in [2.24, 2.45) is 0 Å². The summed E-state index contributed by atoms with van der Waals surface area (Å²) in [6.45, 7) is 7.02. The Labute approximate surface area is 175 Å². The number of piperazine rings is 1. The van der Waals surface area contributed by atoms with Crippen LogP contribution in [0.1, 0.15) is 11.3 Å². The number of para-hydroxylation sites is 1. The molecular formula is C21H25ClN4O3. The largest absolute Gasteiger partial charge is 0.378 e. The van der Waals surface area contributed by atoms with E-state index in [0.717, 1.165) is 22.2 Å². The lowest BCUT2D eigenvalue weighted by Crippen LogP contribution is -2.54. The number of aryl methyl sites for hydroxylation is 1. The van der Waals surface area contributed by atoms with Crippen LogP contribution < -0.4 is 0 Å². The molecule has 29 heavy (non-hydrogen) atoms. The highest BCUT2D eigenvalue weighted by Crippen LogP contribution is 2.27. The fourth-order valence-electron chi connectivity index (χ4n) is 3.88. The van der Waals surface area contributed by atoms with Gasteiger partial charge in [0.05, 0.1) is 29.4 Å². The van der Waals surface area contributed by atoms with E-state index < -0.39 is 11.8 Å². The maximum Gasteiger partial charge on any atom is 0.312 e. The van der Waals surface area contributed by atoms with Crippen LogP contribution in [0.3, 0.4) is 0 Å². The Bertz CT molecular complexity index is 922. The van der Waals surface area contributed by atoms with Gasteiger partial charge in [-0.05, 0) is 18.6 Å². The summed E-state index contributed by atoms with van der Waals surface area (Å²) in [5.41, 5.74) is 2.83. The number of nitrogens with zero attached hydrogens (tertiary/aromatic N) is 4. The fraction of sp³-hybridized carbons (Fsp3) is 0.476. The van der Waals surface area contributed by atoms with Gasteiger partial charge in [0.2, 0.25) is 0 Å². The van der Waals surface area contributed by atoms with Crippen molar-refractivity contribution in [1.29, 1.82) is 0 Å². The maximum absolute atomic E-state index is 12.5. The number of carbonyl (C=O) groups excluding carboxylic acids is 2. The molecule has 2 aliphatic heterocycles. The van der Waals surface area contributed by atoms with Gasteiger partial charge in [0, 0.05) is 51.2 Å². The van der Waals surface area contributed by atoms with Gasteiger partial charge in [0.1, 0.15) is 0 Å². The third-order valence-corrected chi connectivity index (χ3v) is 6.16. The minimum absolute atomic E-state index is 0.413. The van der Waals surface area contributed by atoms with Crippen LogP contribution in [0.25, 0.3) is 10.9 Å². The second kappa shape index (κ2) is 8.65. The monoisotopic (exact) mass is 416 g/mol. The number of hydrogen-bond donors (Lipinski definition) is 0. The molecule has 0 spiro atoms. The van der Waals surface area contributed by atoms with E-state index in [1.54, 1.807) is 9.80 Å². The van der Waals surface area contributed by atoms with Gasteiger partial charge in [0.25, 0.3) is 0 Å². The normalized spacial score (nSPS) is 18.3. The van der Waals surface area contributed by atoms with E-state index in [-0.39, 0.29) is 0 Å². The number of hydrogen-bond acceptors (Lipinski definition) is 5. The van der Waals surface area contributed by atoms with E-state index in [4.69, 9.17) is 21.3 Å². The molecule has 3 heterocycles. The standard InChI is InChI=1S/C21H25ClN4O3/c1-15-16-4-2-3-5-17(16)23-18(19(15)22)14-24-6-8-25(9-7-24)20(27)21(28)26-10-12-29-13-11-26/h2-5H,6-14H2,1H3. The lowest BCUT2D eigenvalue weighted by Gasteiger charge is -2.35. The Hall–Kier alpha value is -2.22. The van der Waals surface area contributed by atoms with Crippen molar-refractivity contribution in [2.45, 2.75) is 13.5 Å². The minimum atomic E-state index is -0.420. The lowest BCUT2D eigenvalue weighted by molar-refractivity contribution is -0.155. The van der Waals surface area contributed by atoms with E-state index in [0.29, 0.717) is 64.0 Å². The zero-order valence-electron chi connectivity index (χ0n) is 16.6. The molecule has 0 aliphatic carbocycles. The first-order valence-corrected chi connectivity index (χ1v) is 10.3. The van der Waals surface area contributed by atoms with Gasteiger partial charge in [-0.3, -0.25) is 14.5 Å². The number of fused-ring (bicyclic) bond motifs is 1. The highest BCUT2D eigenvalue weighted by Gasteiger charge is 2.30. The van der Waals surface area contributed by atoms with Crippen molar-refractivity contribution in [3.8, 4) is 0 Å². The zero-order chi connectivity index (χ0) is 20.4.